The Morgan fingerprint density at radius 1 is 1.37 bits per heavy atom. The maximum Gasteiger partial charge on any atom is 0.325 e. The van der Waals surface area contributed by atoms with Gasteiger partial charge in [0.2, 0.25) is 0 Å². The Morgan fingerprint density at radius 2 is 2.00 bits per heavy atom. The first kappa shape index (κ1) is 13.9. The lowest BCUT2D eigenvalue weighted by Crippen LogP contribution is -2.33. The van der Waals surface area contributed by atoms with Crippen molar-refractivity contribution in [2.75, 3.05) is 14.2 Å². The van der Waals surface area contributed by atoms with Gasteiger partial charge in [0.05, 0.1) is 7.11 Å². The van der Waals surface area contributed by atoms with Crippen LogP contribution >= 0.6 is 0 Å². The molecule has 0 saturated heterocycles. The predicted molar refractivity (Wildman–Crippen MR) is 73.6 cm³/mol. The second-order valence-electron chi connectivity index (χ2n) is 5.32. The predicted octanol–water partition coefficient (Wildman–Crippen LogP) is 2.53. The van der Waals surface area contributed by atoms with Crippen LogP contribution in [0.5, 0.6) is 5.75 Å². The molecular formula is C15H21NO3. The van der Waals surface area contributed by atoms with Crippen molar-refractivity contribution in [3.63, 3.8) is 0 Å². The summed E-state index contributed by atoms with van der Waals surface area (Å²) in [5.74, 6) is 0.0153. The third-order valence-electron chi connectivity index (χ3n) is 3.84. The molecule has 19 heavy (non-hydrogen) atoms. The summed E-state index contributed by atoms with van der Waals surface area (Å²) < 4.78 is 5.28. The number of rotatable bonds is 5. The average molecular weight is 263 g/mol. The lowest BCUT2D eigenvalue weighted by Gasteiger charge is -2.26. The molecule has 1 saturated carbocycles. The minimum Gasteiger partial charge on any atom is -0.496 e. The first-order valence-electron chi connectivity index (χ1n) is 6.55. The Balaban J connectivity index is 2.41. The van der Waals surface area contributed by atoms with Crippen molar-refractivity contribution >= 4 is 5.97 Å². The largest absolute Gasteiger partial charge is 0.496 e. The van der Waals surface area contributed by atoms with Crippen molar-refractivity contribution in [3.8, 4) is 5.75 Å². The molecule has 104 valence electrons. The Hall–Kier alpha value is -1.55. The summed E-state index contributed by atoms with van der Waals surface area (Å²) in [5.41, 5.74) is 2.79. The number of likely N-dealkylation sites (N-methyl/N-ethyl adjacent to an activating group) is 1. The van der Waals surface area contributed by atoms with Crippen molar-refractivity contribution in [1.82, 2.24) is 4.90 Å². The molecule has 0 amide bonds. The van der Waals surface area contributed by atoms with Crippen LogP contribution in [0.4, 0.5) is 0 Å². The van der Waals surface area contributed by atoms with E-state index in [9.17, 15) is 9.90 Å². The van der Waals surface area contributed by atoms with Gasteiger partial charge in [0.1, 0.15) is 11.8 Å². The Kier molecular flexibility index (Phi) is 3.80. The maximum absolute atomic E-state index is 11.6. The van der Waals surface area contributed by atoms with Gasteiger partial charge in [-0.05, 0) is 62.6 Å². The zero-order chi connectivity index (χ0) is 14.2. The summed E-state index contributed by atoms with van der Waals surface area (Å²) in [4.78, 5) is 13.6. The van der Waals surface area contributed by atoms with Gasteiger partial charge in [-0.2, -0.15) is 0 Å². The van der Waals surface area contributed by atoms with Crippen molar-refractivity contribution < 1.29 is 14.6 Å². The van der Waals surface area contributed by atoms with E-state index in [0.29, 0.717) is 6.04 Å². The molecule has 1 aromatic rings. The normalized spacial score (nSPS) is 16.5. The molecule has 1 fully saturated rings. The second-order valence-corrected chi connectivity index (χ2v) is 5.32. The third kappa shape index (κ3) is 2.73. The van der Waals surface area contributed by atoms with E-state index in [4.69, 9.17) is 4.74 Å². The number of nitrogens with zero attached hydrogens (tertiary/aromatic N) is 1. The molecule has 0 bridgehead atoms. The van der Waals surface area contributed by atoms with Crippen LogP contribution in [0.3, 0.4) is 0 Å². The van der Waals surface area contributed by atoms with Crippen LogP contribution in [0.2, 0.25) is 0 Å². The van der Waals surface area contributed by atoms with E-state index in [0.717, 1.165) is 35.3 Å². The number of hydrogen-bond donors (Lipinski definition) is 1. The summed E-state index contributed by atoms with van der Waals surface area (Å²) in [6.45, 7) is 3.88. The minimum atomic E-state index is -0.790. The van der Waals surface area contributed by atoms with Gasteiger partial charge in [-0.25, -0.2) is 0 Å². The van der Waals surface area contributed by atoms with Gasteiger partial charge in [0.15, 0.2) is 0 Å². The second kappa shape index (κ2) is 5.21. The quantitative estimate of drug-likeness (QED) is 0.887. The summed E-state index contributed by atoms with van der Waals surface area (Å²) in [5, 5.41) is 9.54. The van der Waals surface area contributed by atoms with Gasteiger partial charge >= 0.3 is 5.97 Å². The number of hydrogen-bond acceptors (Lipinski definition) is 3. The molecule has 0 heterocycles. The number of carbonyl (C=O) groups is 1. The zero-order valence-corrected chi connectivity index (χ0v) is 11.9. The number of methoxy groups -OCH3 is 1. The van der Waals surface area contributed by atoms with E-state index in [1.54, 1.807) is 7.11 Å². The molecule has 0 radical (unpaired) electrons. The first-order valence-corrected chi connectivity index (χ1v) is 6.55. The number of aliphatic carboxylic acids is 1. The van der Waals surface area contributed by atoms with E-state index < -0.39 is 12.0 Å². The van der Waals surface area contributed by atoms with Gasteiger partial charge in [-0.3, -0.25) is 9.69 Å². The highest BCUT2D eigenvalue weighted by Crippen LogP contribution is 2.35. The molecule has 0 aliphatic heterocycles. The average Bonchev–Trinajstić information content (AvgIpc) is 3.16. The van der Waals surface area contributed by atoms with Crippen LogP contribution in [0.1, 0.15) is 35.6 Å². The molecular weight excluding hydrogens is 242 g/mol. The first-order chi connectivity index (χ1) is 8.95. The summed E-state index contributed by atoms with van der Waals surface area (Å²) in [6.07, 6.45) is 2.18. The molecule has 0 aromatic heterocycles. The molecule has 1 aromatic carbocycles. The minimum absolute atomic E-state index is 0.405. The molecule has 1 unspecified atom stereocenters. The Morgan fingerprint density at radius 3 is 2.47 bits per heavy atom. The van der Waals surface area contributed by atoms with Gasteiger partial charge in [0.25, 0.3) is 0 Å². The number of aryl methyl sites for hydroxylation is 2. The molecule has 1 aliphatic carbocycles. The van der Waals surface area contributed by atoms with Crippen molar-refractivity contribution in [1.29, 1.82) is 0 Å². The van der Waals surface area contributed by atoms with Gasteiger partial charge in [-0.15, -0.1) is 0 Å². The molecule has 1 aliphatic rings. The maximum atomic E-state index is 11.6. The summed E-state index contributed by atoms with van der Waals surface area (Å²) >= 11 is 0. The fourth-order valence-corrected chi connectivity index (χ4v) is 2.55. The Labute approximate surface area is 114 Å². The number of ether oxygens (including phenoxy) is 1. The van der Waals surface area contributed by atoms with E-state index >= 15 is 0 Å². The summed E-state index contributed by atoms with van der Waals surface area (Å²) in [7, 11) is 3.53. The Bertz CT molecular complexity index is 494. The lowest BCUT2D eigenvalue weighted by molar-refractivity contribution is -0.143. The van der Waals surface area contributed by atoms with Gasteiger partial charge in [-0.1, -0.05) is 0 Å². The van der Waals surface area contributed by atoms with E-state index in [1.807, 2.05) is 37.9 Å². The van der Waals surface area contributed by atoms with Gasteiger partial charge < -0.3 is 9.84 Å². The SMILES string of the molecule is COc1cc(C)c(C(C(=O)O)N(C)C2CC2)cc1C. The smallest absolute Gasteiger partial charge is 0.325 e. The zero-order valence-electron chi connectivity index (χ0n) is 11.9. The third-order valence-corrected chi connectivity index (χ3v) is 3.84. The van der Waals surface area contributed by atoms with Crippen LogP contribution in [0, 0.1) is 13.8 Å². The van der Waals surface area contributed by atoms with Crippen LogP contribution in [0.15, 0.2) is 12.1 Å². The van der Waals surface area contributed by atoms with Crippen molar-refractivity contribution in [2.45, 2.75) is 38.8 Å². The molecule has 4 nitrogen and oxygen atoms in total. The van der Waals surface area contributed by atoms with E-state index in [-0.39, 0.29) is 0 Å². The fraction of sp³-hybridized carbons (Fsp3) is 0.533. The standard InChI is InChI=1S/C15H21NO3/c1-9-8-13(19-4)10(2)7-12(9)14(15(17)18)16(3)11-5-6-11/h7-8,11,14H,5-6H2,1-4H3,(H,17,18). The van der Waals surface area contributed by atoms with E-state index in [1.165, 1.54) is 0 Å². The lowest BCUT2D eigenvalue weighted by atomic mass is 9.97. The highest BCUT2D eigenvalue weighted by Gasteiger charge is 2.36. The highest BCUT2D eigenvalue weighted by atomic mass is 16.5. The number of benzene rings is 1. The number of carboxylic acid groups (broad SMARTS) is 1. The van der Waals surface area contributed by atoms with Crippen LogP contribution in [-0.2, 0) is 4.79 Å². The van der Waals surface area contributed by atoms with Crippen molar-refractivity contribution in [2.24, 2.45) is 0 Å². The van der Waals surface area contributed by atoms with Crippen LogP contribution < -0.4 is 4.74 Å². The van der Waals surface area contributed by atoms with Gasteiger partial charge in [0, 0.05) is 6.04 Å². The van der Waals surface area contributed by atoms with Crippen LogP contribution in [-0.4, -0.2) is 36.2 Å². The van der Waals surface area contributed by atoms with Crippen LogP contribution in [0.25, 0.3) is 0 Å². The molecule has 2 rings (SSSR count). The topological polar surface area (TPSA) is 49.8 Å². The van der Waals surface area contributed by atoms with E-state index in [2.05, 4.69) is 0 Å². The molecule has 1 atom stereocenters. The molecule has 0 spiro atoms. The molecule has 4 heteroatoms. The van der Waals surface area contributed by atoms with Crippen molar-refractivity contribution in [3.05, 3.63) is 28.8 Å². The molecule has 1 N–H and O–H groups in total. The summed E-state index contributed by atoms with van der Waals surface area (Å²) in [6, 6.07) is 3.69. The fourth-order valence-electron chi connectivity index (χ4n) is 2.55. The highest BCUT2D eigenvalue weighted by molar-refractivity contribution is 5.76. The monoisotopic (exact) mass is 263 g/mol. The number of carboxylic acids is 1.